The first-order valence-corrected chi connectivity index (χ1v) is 20.0. The number of hydrogen-bond donors (Lipinski definition) is 0. The van der Waals surface area contributed by atoms with Gasteiger partial charge in [-0.1, -0.05) is 176 Å². The van der Waals surface area contributed by atoms with Crippen LogP contribution in [0.25, 0.3) is 109 Å². The van der Waals surface area contributed by atoms with Crippen molar-refractivity contribution < 1.29 is 0 Å². The number of hydrogen-bond acceptors (Lipinski definition) is 4. The molecule has 266 valence electrons. The maximum Gasteiger partial charge on any atom is 0.160 e. The van der Waals surface area contributed by atoms with Gasteiger partial charge < -0.3 is 0 Å². The summed E-state index contributed by atoms with van der Waals surface area (Å²) in [6.45, 7) is 0. The minimum atomic E-state index is 0.693. The number of fused-ring (bicyclic) bond motifs is 7. The number of aromatic nitrogens is 3. The number of rotatable bonds is 6. The molecule has 0 spiro atoms. The fourth-order valence-corrected chi connectivity index (χ4v) is 9.51. The molecule has 0 saturated heterocycles. The Balaban J connectivity index is 1.15. The molecule has 3 nitrogen and oxygen atoms in total. The summed E-state index contributed by atoms with van der Waals surface area (Å²) in [4.78, 5) is 15.9. The van der Waals surface area contributed by atoms with E-state index in [0.717, 1.165) is 72.3 Å². The second-order valence-corrected chi connectivity index (χ2v) is 15.4. The molecule has 0 amide bonds. The van der Waals surface area contributed by atoms with Gasteiger partial charge in [0.2, 0.25) is 0 Å². The van der Waals surface area contributed by atoms with Crippen molar-refractivity contribution in [3.05, 3.63) is 200 Å². The van der Waals surface area contributed by atoms with Crippen LogP contribution in [0, 0.1) is 0 Å². The summed E-state index contributed by atoms with van der Waals surface area (Å²) in [6, 6.07) is 70.7. The van der Waals surface area contributed by atoms with E-state index in [1.54, 1.807) is 0 Å². The Morgan fingerprint density at radius 3 is 1.58 bits per heavy atom. The first kappa shape index (κ1) is 33.1. The maximum absolute atomic E-state index is 5.39. The lowest BCUT2D eigenvalue weighted by Crippen LogP contribution is -1.96. The monoisotopic (exact) mass is 743 g/mol. The number of para-hydroxylation sites is 1. The first-order valence-electron chi connectivity index (χ1n) is 19.2. The fraction of sp³-hybridized carbons (Fsp3) is 0. The molecule has 11 aromatic rings. The van der Waals surface area contributed by atoms with Gasteiger partial charge in [-0.2, -0.15) is 0 Å². The summed E-state index contributed by atoms with van der Waals surface area (Å²) < 4.78 is 2.46. The van der Waals surface area contributed by atoms with Crippen LogP contribution in [0.1, 0.15) is 0 Å². The Hall–Kier alpha value is -7.27. The van der Waals surface area contributed by atoms with Gasteiger partial charge in [-0.25, -0.2) is 15.0 Å². The van der Waals surface area contributed by atoms with Crippen molar-refractivity contribution in [2.45, 2.75) is 0 Å². The van der Waals surface area contributed by atoms with Gasteiger partial charge in [0.05, 0.1) is 22.6 Å². The van der Waals surface area contributed by atoms with Gasteiger partial charge >= 0.3 is 0 Å². The molecule has 0 unspecified atom stereocenters. The van der Waals surface area contributed by atoms with Crippen LogP contribution in [-0.2, 0) is 0 Å². The van der Waals surface area contributed by atoms with Gasteiger partial charge in [-0.05, 0) is 46.5 Å². The highest BCUT2D eigenvalue weighted by atomic mass is 32.1. The summed E-state index contributed by atoms with van der Waals surface area (Å²) in [5, 5.41) is 6.01. The first-order chi connectivity index (χ1) is 28.2. The van der Waals surface area contributed by atoms with Crippen LogP contribution in [0.3, 0.4) is 0 Å². The largest absolute Gasteiger partial charge is 0.247 e. The smallest absolute Gasteiger partial charge is 0.160 e. The maximum atomic E-state index is 5.39. The zero-order valence-electron chi connectivity index (χ0n) is 30.8. The molecule has 11 rings (SSSR count). The molecule has 0 saturated carbocycles. The van der Waals surface area contributed by atoms with Crippen molar-refractivity contribution >= 4 is 53.2 Å². The molecule has 57 heavy (non-hydrogen) atoms. The van der Waals surface area contributed by atoms with Crippen molar-refractivity contribution in [1.29, 1.82) is 0 Å². The van der Waals surface area contributed by atoms with Gasteiger partial charge in [0.25, 0.3) is 0 Å². The summed E-state index contributed by atoms with van der Waals surface area (Å²) in [5.41, 5.74) is 12.6. The van der Waals surface area contributed by atoms with E-state index in [0.29, 0.717) is 5.82 Å². The highest BCUT2D eigenvalue weighted by molar-refractivity contribution is 7.27. The molecule has 0 aliphatic heterocycles. The van der Waals surface area contributed by atoms with E-state index in [1.165, 1.54) is 31.1 Å². The summed E-state index contributed by atoms with van der Waals surface area (Å²) >= 11 is 1.85. The third-order valence-electron chi connectivity index (χ3n) is 10.9. The predicted molar refractivity (Wildman–Crippen MR) is 240 cm³/mol. The van der Waals surface area contributed by atoms with Crippen LogP contribution in [0.5, 0.6) is 0 Å². The normalized spacial score (nSPS) is 11.5. The minimum absolute atomic E-state index is 0.693. The molecule has 3 heterocycles. The lowest BCUT2D eigenvalue weighted by Gasteiger charge is -2.12. The van der Waals surface area contributed by atoms with Crippen LogP contribution in [0.2, 0.25) is 0 Å². The third-order valence-corrected chi connectivity index (χ3v) is 12.1. The second kappa shape index (κ2) is 13.8. The molecule has 0 fully saturated rings. The molecule has 0 N–H and O–H groups in total. The summed E-state index contributed by atoms with van der Waals surface area (Å²) in [7, 11) is 0. The van der Waals surface area contributed by atoms with E-state index in [-0.39, 0.29) is 0 Å². The topological polar surface area (TPSA) is 38.7 Å². The zero-order chi connectivity index (χ0) is 37.7. The molecule has 0 bridgehead atoms. The lowest BCUT2D eigenvalue weighted by atomic mass is 9.97. The van der Waals surface area contributed by atoms with Crippen LogP contribution in [-0.4, -0.2) is 15.0 Å². The Labute approximate surface area is 334 Å². The molecule has 0 aliphatic rings. The van der Waals surface area contributed by atoms with Crippen LogP contribution in [0.15, 0.2) is 200 Å². The molecule has 4 heteroatoms. The molecule has 0 radical (unpaired) electrons. The molecule has 0 aliphatic carbocycles. The second-order valence-electron chi connectivity index (χ2n) is 14.3. The molecule has 8 aromatic carbocycles. The zero-order valence-corrected chi connectivity index (χ0v) is 31.6. The van der Waals surface area contributed by atoms with Gasteiger partial charge in [0.1, 0.15) is 0 Å². The van der Waals surface area contributed by atoms with Gasteiger partial charge in [0, 0.05) is 58.6 Å². The summed E-state index contributed by atoms with van der Waals surface area (Å²) in [6.07, 6.45) is 0. The van der Waals surface area contributed by atoms with Crippen molar-refractivity contribution in [2.24, 2.45) is 0 Å². The quantitative estimate of drug-likeness (QED) is 0.159. The average Bonchev–Trinajstić information content (AvgIpc) is 3.69. The number of pyridine rings is 1. The Morgan fingerprint density at radius 1 is 0.316 bits per heavy atom. The Kier molecular flexibility index (Phi) is 8.01. The highest BCUT2D eigenvalue weighted by Gasteiger charge is 2.19. The molecule has 0 atom stereocenters. The van der Waals surface area contributed by atoms with E-state index in [4.69, 9.17) is 15.0 Å². The van der Waals surface area contributed by atoms with E-state index >= 15 is 0 Å². The predicted octanol–water partition coefficient (Wildman–Crippen LogP) is 14.5. The Morgan fingerprint density at radius 2 is 0.842 bits per heavy atom. The average molecular weight is 744 g/mol. The SMILES string of the molecule is c1ccc(-c2cccc(-c3cc(-c4cccc5c4sc4c5ccc5c(-c6ccccc6)nc6ccccc6c54)nc(-c4cccc(-c5ccccc5)c4)n3)c2)cc1. The van der Waals surface area contributed by atoms with Crippen LogP contribution >= 0.6 is 11.3 Å². The number of thiophene rings is 1. The summed E-state index contributed by atoms with van der Waals surface area (Å²) in [5.74, 6) is 0.693. The van der Waals surface area contributed by atoms with Crippen molar-refractivity contribution in [3.8, 4) is 67.4 Å². The van der Waals surface area contributed by atoms with Crippen molar-refractivity contribution in [3.63, 3.8) is 0 Å². The number of benzene rings is 8. The van der Waals surface area contributed by atoms with Crippen molar-refractivity contribution in [2.75, 3.05) is 0 Å². The fourth-order valence-electron chi connectivity index (χ4n) is 8.13. The molecular formula is C53H33N3S. The van der Waals surface area contributed by atoms with E-state index in [9.17, 15) is 0 Å². The Bertz CT molecular complexity index is 3180. The van der Waals surface area contributed by atoms with Crippen LogP contribution in [0.4, 0.5) is 0 Å². The number of nitrogens with zero attached hydrogens (tertiary/aromatic N) is 3. The van der Waals surface area contributed by atoms with Gasteiger partial charge in [-0.15, -0.1) is 11.3 Å². The standard InChI is InChI=1S/C53H33N3S/c1-4-15-34(16-5-1)37-21-12-23-39(31-37)47-33-48(56-53(55-47)40-24-13-22-38(32-40)35-17-6-2-7-18-35)44-27-14-26-41-42-29-30-45-49(52(42)57-51(41)44)43-25-10-11-28-46(43)54-50(45)36-19-8-3-9-20-36/h1-33H. The third kappa shape index (κ3) is 5.86. The molecular weight excluding hydrogens is 711 g/mol. The van der Waals surface area contributed by atoms with Crippen LogP contribution < -0.4 is 0 Å². The van der Waals surface area contributed by atoms with Crippen molar-refractivity contribution in [1.82, 2.24) is 15.0 Å². The van der Waals surface area contributed by atoms with E-state index < -0.39 is 0 Å². The molecule has 3 aromatic heterocycles. The van der Waals surface area contributed by atoms with E-state index in [2.05, 4.69) is 200 Å². The minimum Gasteiger partial charge on any atom is -0.247 e. The highest BCUT2D eigenvalue weighted by Crippen LogP contribution is 2.46. The van der Waals surface area contributed by atoms with Gasteiger partial charge in [0.15, 0.2) is 5.82 Å². The van der Waals surface area contributed by atoms with Gasteiger partial charge in [-0.3, -0.25) is 0 Å². The lowest BCUT2D eigenvalue weighted by molar-refractivity contribution is 1.19. The van der Waals surface area contributed by atoms with E-state index in [1.807, 2.05) is 11.3 Å².